The lowest BCUT2D eigenvalue weighted by atomic mass is 10.1. The second kappa shape index (κ2) is 7.29. The van der Waals surface area contributed by atoms with Crippen LogP contribution in [0, 0.1) is 5.82 Å². The quantitative estimate of drug-likeness (QED) is 0.751. The second-order valence-corrected chi connectivity index (χ2v) is 3.70. The van der Waals surface area contributed by atoms with Gasteiger partial charge in [0, 0.05) is 13.0 Å². The Hall–Kier alpha value is -1.07. The summed E-state index contributed by atoms with van der Waals surface area (Å²) in [4.78, 5) is 0. The topological polar surface area (TPSA) is 29.5 Å². The lowest BCUT2D eigenvalue weighted by Gasteiger charge is -2.11. The van der Waals surface area contributed by atoms with E-state index >= 15 is 0 Å². The van der Waals surface area contributed by atoms with E-state index in [9.17, 15) is 18.3 Å². The Morgan fingerprint density at radius 1 is 1.24 bits per heavy atom. The zero-order chi connectivity index (χ0) is 12.7. The maximum Gasteiger partial charge on any atom is 0.261 e. The molecule has 0 aliphatic rings. The van der Waals surface area contributed by atoms with Gasteiger partial charge in [-0.05, 0) is 18.1 Å². The molecule has 1 rings (SSSR count). The van der Waals surface area contributed by atoms with Crippen LogP contribution in [0.5, 0.6) is 0 Å². The van der Waals surface area contributed by atoms with E-state index in [1.807, 2.05) is 0 Å². The third kappa shape index (κ3) is 5.70. The highest BCUT2D eigenvalue weighted by molar-refractivity contribution is 5.17. The Labute approximate surface area is 98.0 Å². The standard InChI is InChI=1S/C12H15F3O2/c13-11-4-2-1-3-9(11)7-10(16)5-6-17-8-12(14)15/h1-4,10,12,16H,5-8H2. The van der Waals surface area contributed by atoms with Gasteiger partial charge in [0.05, 0.1) is 6.10 Å². The van der Waals surface area contributed by atoms with Gasteiger partial charge in [0.15, 0.2) is 0 Å². The molecule has 2 nitrogen and oxygen atoms in total. The molecule has 0 saturated carbocycles. The van der Waals surface area contributed by atoms with Crippen LogP contribution >= 0.6 is 0 Å². The Bertz CT molecular complexity index is 331. The van der Waals surface area contributed by atoms with Gasteiger partial charge in [-0.15, -0.1) is 0 Å². The molecule has 0 saturated heterocycles. The lowest BCUT2D eigenvalue weighted by Crippen LogP contribution is -2.16. The highest BCUT2D eigenvalue weighted by Crippen LogP contribution is 2.10. The Morgan fingerprint density at radius 3 is 2.59 bits per heavy atom. The molecular formula is C12H15F3O2. The number of aliphatic hydroxyl groups excluding tert-OH is 1. The second-order valence-electron chi connectivity index (χ2n) is 3.70. The predicted octanol–water partition coefficient (Wildman–Crippen LogP) is 2.40. The molecule has 0 heterocycles. The largest absolute Gasteiger partial charge is 0.393 e. The van der Waals surface area contributed by atoms with Crippen LogP contribution in [0.1, 0.15) is 12.0 Å². The van der Waals surface area contributed by atoms with E-state index in [1.54, 1.807) is 18.2 Å². The molecule has 1 N–H and O–H groups in total. The van der Waals surface area contributed by atoms with Crippen LogP contribution < -0.4 is 0 Å². The van der Waals surface area contributed by atoms with Crippen LogP contribution in [-0.2, 0) is 11.2 Å². The van der Waals surface area contributed by atoms with Gasteiger partial charge in [-0.1, -0.05) is 18.2 Å². The number of halogens is 3. The first-order chi connectivity index (χ1) is 8.09. The molecule has 0 spiro atoms. The van der Waals surface area contributed by atoms with E-state index in [-0.39, 0.29) is 25.3 Å². The molecule has 0 aliphatic heterocycles. The molecule has 0 aliphatic carbocycles. The van der Waals surface area contributed by atoms with Crippen LogP contribution in [0.3, 0.4) is 0 Å². The van der Waals surface area contributed by atoms with Gasteiger partial charge in [0.1, 0.15) is 12.4 Å². The third-order valence-electron chi connectivity index (χ3n) is 2.25. The summed E-state index contributed by atoms with van der Waals surface area (Å²) in [7, 11) is 0. The number of hydrogen-bond acceptors (Lipinski definition) is 2. The van der Waals surface area contributed by atoms with Crippen LogP contribution in [0.25, 0.3) is 0 Å². The van der Waals surface area contributed by atoms with Crippen molar-refractivity contribution in [2.75, 3.05) is 13.2 Å². The lowest BCUT2D eigenvalue weighted by molar-refractivity contribution is 0.00506. The first kappa shape index (κ1) is 14.0. The van der Waals surface area contributed by atoms with Crippen molar-refractivity contribution < 1.29 is 23.0 Å². The van der Waals surface area contributed by atoms with E-state index in [0.717, 1.165) is 0 Å². The van der Waals surface area contributed by atoms with E-state index in [2.05, 4.69) is 4.74 Å². The fourth-order valence-corrected chi connectivity index (χ4v) is 1.41. The summed E-state index contributed by atoms with van der Waals surface area (Å²) < 4.78 is 41.3. The first-order valence-corrected chi connectivity index (χ1v) is 5.37. The van der Waals surface area contributed by atoms with Crippen LogP contribution in [-0.4, -0.2) is 30.8 Å². The minimum absolute atomic E-state index is 0.0416. The molecule has 1 unspecified atom stereocenters. The Kier molecular flexibility index (Phi) is 6.00. The van der Waals surface area contributed by atoms with E-state index in [4.69, 9.17) is 0 Å². The maximum atomic E-state index is 13.2. The molecule has 0 radical (unpaired) electrons. The SMILES string of the molecule is OC(CCOCC(F)F)Cc1ccccc1F. The molecule has 96 valence electrons. The highest BCUT2D eigenvalue weighted by Gasteiger charge is 2.09. The summed E-state index contributed by atoms with van der Waals surface area (Å²) in [6.07, 6.45) is -2.92. The van der Waals surface area contributed by atoms with Gasteiger partial charge in [-0.2, -0.15) is 0 Å². The predicted molar refractivity (Wildman–Crippen MR) is 57.6 cm³/mol. The van der Waals surface area contributed by atoms with Gasteiger partial charge in [0.25, 0.3) is 6.43 Å². The van der Waals surface area contributed by atoms with E-state index in [1.165, 1.54) is 6.07 Å². The first-order valence-electron chi connectivity index (χ1n) is 5.37. The summed E-state index contributed by atoms with van der Waals surface area (Å²) in [5.74, 6) is -0.375. The fourth-order valence-electron chi connectivity index (χ4n) is 1.41. The zero-order valence-corrected chi connectivity index (χ0v) is 9.28. The number of aliphatic hydroxyl groups is 1. The number of alkyl halides is 2. The summed E-state index contributed by atoms with van der Waals surface area (Å²) >= 11 is 0. The summed E-state index contributed by atoms with van der Waals surface area (Å²) in [6.45, 7) is -0.591. The van der Waals surface area contributed by atoms with Gasteiger partial charge in [0.2, 0.25) is 0 Å². The van der Waals surface area contributed by atoms with Crippen molar-refractivity contribution in [2.24, 2.45) is 0 Å². The number of hydrogen-bond donors (Lipinski definition) is 1. The van der Waals surface area contributed by atoms with Crippen molar-refractivity contribution in [2.45, 2.75) is 25.4 Å². The van der Waals surface area contributed by atoms with Gasteiger partial charge >= 0.3 is 0 Å². The Morgan fingerprint density at radius 2 is 1.94 bits per heavy atom. The third-order valence-corrected chi connectivity index (χ3v) is 2.25. The van der Waals surface area contributed by atoms with Crippen molar-refractivity contribution in [3.05, 3.63) is 35.6 Å². The average Bonchev–Trinajstić information content (AvgIpc) is 2.27. The molecule has 0 amide bonds. The molecule has 5 heteroatoms. The van der Waals surface area contributed by atoms with E-state index < -0.39 is 19.1 Å². The molecule has 1 aromatic rings. The minimum Gasteiger partial charge on any atom is -0.393 e. The summed E-state index contributed by atoms with van der Waals surface area (Å²) in [5.41, 5.74) is 0.411. The van der Waals surface area contributed by atoms with Crippen molar-refractivity contribution >= 4 is 0 Å². The highest BCUT2D eigenvalue weighted by atomic mass is 19.3. The molecule has 0 bridgehead atoms. The molecular weight excluding hydrogens is 233 g/mol. The smallest absolute Gasteiger partial charge is 0.261 e. The van der Waals surface area contributed by atoms with Crippen molar-refractivity contribution in [1.82, 2.24) is 0 Å². The Balaban J connectivity index is 2.25. The van der Waals surface area contributed by atoms with Gasteiger partial charge in [-0.25, -0.2) is 13.2 Å². The fraction of sp³-hybridized carbons (Fsp3) is 0.500. The van der Waals surface area contributed by atoms with E-state index in [0.29, 0.717) is 5.56 Å². The van der Waals surface area contributed by atoms with Crippen LogP contribution in [0.2, 0.25) is 0 Å². The van der Waals surface area contributed by atoms with Crippen molar-refractivity contribution in [1.29, 1.82) is 0 Å². The number of ether oxygens (including phenoxy) is 1. The van der Waals surface area contributed by atoms with Crippen molar-refractivity contribution in [3.63, 3.8) is 0 Å². The summed E-state index contributed by atoms with van der Waals surface area (Å²) in [6, 6.07) is 6.14. The zero-order valence-electron chi connectivity index (χ0n) is 9.28. The molecule has 0 aromatic heterocycles. The normalized spacial score (nSPS) is 13.0. The summed E-state index contributed by atoms with van der Waals surface area (Å²) in [5, 5.41) is 9.56. The molecule has 1 atom stereocenters. The monoisotopic (exact) mass is 248 g/mol. The average molecular weight is 248 g/mol. The van der Waals surface area contributed by atoms with Crippen LogP contribution in [0.15, 0.2) is 24.3 Å². The van der Waals surface area contributed by atoms with Crippen LogP contribution in [0.4, 0.5) is 13.2 Å². The van der Waals surface area contributed by atoms with Crippen molar-refractivity contribution in [3.8, 4) is 0 Å². The molecule has 1 aromatic carbocycles. The minimum atomic E-state index is -2.50. The molecule has 0 fully saturated rings. The number of benzene rings is 1. The molecule has 17 heavy (non-hydrogen) atoms. The van der Waals surface area contributed by atoms with Gasteiger partial charge in [-0.3, -0.25) is 0 Å². The number of rotatable bonds is 7. The van der Waals surface area contributed by atoms with Gasteiger partial charge < -0.3 is 9.84 Å². The maximum absolute atomic E-state index is 13.2.